The van der Waals surface area contributed by atoms with Crippen LogP contribution in [0.15, 0.2) is 34.9 Å². The molecule has 0 spiro atoms. The molecule has 1 aliphatic rings. The summed E-state index contributed by atoms with van der Waals surface area (Å²) in [6, 6.07) is 4.64. The zero-order chi connectivity index (χ0) is 20.7. The fourth-order valence-electron chi connectivity index (χ4n) is 2.63. The Morgan fingerprint density at radius 2 is 1.89 bits per heavy atom. The molecule has 0 bridgehead atoms. The summed E-state index contributed by atoms with van der Waals surface area (Å²) in [4.78, 5) is 25.8. The number of hydrogen-bond acceptors (Lipinski definition) is 9. The van der Waals surface area contributed by atoms with Gasteiger partial charge in [-0.1, -0.05) is 6.92 Å². The van der Waals surface area contributed by atoms with Crippen LogP contribution < -0.4 is 10.2 Å². The molecule has 0 radical (unpaired) electrons. The highest BCUT2D eigenvalue weighted by molar-refractivity contribution is 7.91. The molecule has 1 heterocycles. The number of hydrogen-bond donors (Lipinski definition) is 1. The highest BCUT2D eigenvalue weighted by Gasteiger charge is 2.21. The lowest BCUT2D eigenvalue weighted by Crippen LogP contribution is -2.36. The van der Waals surface area contributed by atoms with Crippen LogP contribution in [0.5, 0.6) is 0 Å². The van der Waals surface area contributed by atoms with Crippen molar-refractivity contribution in [1.29, 1.82) is 0 Å². The van der Waals surface area contributed by atoms with Gasteiger partial charge < -0.3 is 24.4 Å². The predicted octanol–water partition coefficient (Wildman–Crippen LogP) is 0.959. The smallest absolute Gasteiger partial charge is 0.354 e. The quantitative estimate of drug-likeness (QED) is 0.517. The molecule has 1 N–H and O–H groups in total. The molecule has 1 aromatic rings. The first-order valence-electron chi connectivity index (χ1n) is 8.67. The maximum atomic E-state index is 12.3. The second-order valence-electron chi connectivity index (χ2n) is 5.88. The molecule has 10 heteroatoms. The van der Waals surface area contributed by atoms with Crippen molar-refractivity contribution >= 4 is 33.2 Å². The molecular formula is C18H24N2O7S. The van der Waals surface area contributed by atoms with E-state index in [9.17, 15) is 18.0 Å². The van der Waals surface area contributed by atoms with Crippen LogP contribution in [0.3, 0.4) is 0 Å². The fraction of sp³-hybridized carbons (Fsp3) is 0.444. The first-order valence-corrected chi connectivity index (χ1v) is 10.3. The number of rotatable bonds is 7. The topological polar surface area (TPSA) is 111 Å². The summed E-state index contributed by atoms with van der Waals surface area (Å²) >= 11 is 0. The van der Waals surface area contributed by atoms with Gasteiger partial charge in [0.25, 0.3) is 0 Å². The number of methoxy groups -OCH3 is 2. The van der Waals surface area contributed by atoms with E-state index in [-0.39, 0.29) is 16.3 Å². The maximum absolute atomic E-state index is 12.3. The normalized spacial score (nSPS) is 15.1. The number of carbonyl (C=O) groups excluding carboxylic acids is 2. The number of sulfone groups is 1. The van der Waals surface area contributed by atoms with Gasteiger partial charge in [-0.05, 0) is 18.2 Å². The van der Waals surface area contributed by atoms with E-state index in [0.717, 1.165) is 6.08 Å². The molecule has 1 aliphatic heterocycles. The van der Waals surface area contributed by atoms with Gasteiger partial charge in [-0.25, -0.2) is 18.0 Å². The van der Waals surface area contributed by atoms with E-state index >= 15 is 0 Å². The SMILES string of the molecule is CCS(=O)(=O)c1ccc(N2CCOCC2)c(N/C(=C/C(=O)OC)C(=O)OC)c1. The lowest BCUT2D eigenvalue weighted by atomic mass is 10.2. The van der Waals surface area contributed by atoms with E-state index in [4.69, 9.17) is 9.47 Å². The lowest BCUT2D eigenvalue weighted by Gasteiger charge is -2.31. The molecule has 0 amide bonds. The Kier molecular flexibility index (Phi) is 7.41. The van der Waals surface area contributed by atoms with Crippen molar-refractivity contribution in [3.8, 4) is 0 Å². The molecule has 2 rings (SSSR count). The van der Waals surface area contributed by atoms with E-state index in [1.54, 1.807) is 13.0 Å². The minimum Gasteiger partial charge on any atom is -0.466 e. The van der Waals surface area contributed by atoms with Crippen molar-refractivity contribution in [1.82, 2.24) is 0 Å². The summed E-state index contributed by atoms with van der Waals surface area (Å²) in [5.41, 5.74) is 0.866. The molecule has 154 valence electrons. The first kappa shape index (κ1) is 21.7. The number of benzene rings is 1. The van der Waals surface area contributed by atoms with Gasteiger partial charge in [-0.15, -0.1) is 0 Å². The van der Waals surface area contributed by atoms with E-state index in [0.29, 0.717) is 37.7 Å². The van der Waals surface area contributed by atoms with Crippen LogP contribution in [0, 0.1) is 0 Å². The average Bonchev–Trinajstić information content (AvgIpc) is 2.73. The summed E-state index contributed by atoms with van der Waals surface area (Å²) in [6.07, 6.45) is 0.954. The van der Waals surface area contributed by atoms with E-state index in [1.807, 2.05) is 4.90 Å². The Bertz CT molecular complexity index is 859. The van der Waals surface area contributed by atoms with Gasteiger partial charge in [-0.2, -0.15) is 0 Å². The minimum absolute atomic E-state index is 0.0643. The summed E-state index contributed by atoms with van der Waals surface area (Å²) in [7, 11) is -1.11. The first-order chi connectivity index (χ1) is 13.3. The highest BCUT2D eigenvalue weighted by atomic mass is 32.2. The molecule has 9 nitrogen and oxygen atoms in total. The van der Waals surface area contributed by atoms with E-state index in [2.05, 4.69) is 10.1 Å². The Hall–Kier alpha value is -2.59. The number of ether oxygens (including phenoxy) is 3. The zero-order valence-electron chi connectivity index (χ0n) is 16.1. The molecule has 0 atom stereocenters. The molecule has 0 unspecified atom stereocenters. The van der Waals surface area contributed by atoms with Crippen molar-refractivity contribution in [2.24, 2.45) is 0 Å². The average molecular weight is 412 g/mol. The Balaban J connectivity index is 2.52. The van der Waals surface area contributed by atoms with Gasteiger partial charge in [-0.3, -0.25) is 0 Å². The molecule has 0 saturated carbocycles. The molecule has 1 saturated heterocycles. The van der Waals surface area contributed by atoms with Crippen LogP contribution in [0.1, 0.15) is 6.92 Å². The molecular weight excluding hydrogens is 388 g/mol. The van der Waals surface area contributed by atoms with E-state index in [1.165, 1.54) is 26.4 Å². The van der Waals surface area contributed by atoms with Crippen molar-refractivity contribution in [3.05, 3.63) is 30.0 Å². The summed E-state index contributed by atoms with van der Waals surface area (Å²) in [6.45, 7) is 3.80. The summed E-state index contributed by atoms with van der Waals surface area (Å²) in [5.74, 6) is -1.61. The van der Waals surface area contributed by atoms with Gasteiger partial charge in [0.15, 0.2) is 9.84 Å². The fourth-order valence-corrected chi connectivity index (χ4v) is 3.54. The summed E-state index contributed by atoms with van der Waals surface area (Å²) < 4.78 is 39.2. The van der Waals surface area contributed by atoms with Crippen molar-refractivity contribution < 1.29 is 32.2 Å². The Morgan fingerprint density at radius 1 is 1.21 bits per heavy atom. The predicted molar refractivity (Wildman–Crippen MR) is 103 cm³/mol. The number of esters is 2. The third kappa shape index (κ3) is 5.23. The maximum Gasteiger partial charge on any atom is 0.354 e. The van der Waals surface area contributed by atoms with Crippen LogP contribution in [0.25, 0.3) is 0 Å². The molecule has 0 aliphatic carbocycles. The van der Waals surface area contributed by atoms with Gasteiger partial charge in [0.1, 0.15) is 5.70 Å². The minimum atomic E-state index is -3.47. The Morgan fingerprint density at radius 3 is 2.46 bits per heavy atom. The highest BCUT2D eigenvalue weighted by Crippen LogP contribution is 2.31. The third-order valence-corrected chi connectivity index (χ3v) is 5.93. The largest absolute Gasteiger partial charge is 0.466 e. The second kappa shape index (κ2) is 9.56. The van der Waals surface area contributed by atoms with Crippen LogP contribution in [-0.2, 0) is 33.6 Å². The van der Waals surface area contributed by atoms with Crippen LogP contribution in [0.2, 0.25) is 0 Å². The zero-order valence-corrected chi connectivity index (χ0v) is 16.9. The van der Waals surface area contributed by atoms with Crippen LogP contribution >= 0.6 is 0 Å². The lowest BCUT2D eigenvalue weighted by molar-refractivity contribution is -0.138. The molecule has 28 heavy (non-hydrogen) atoms. The number of nitrogens with one attached hydrogen (secondary N) is 1. The number of morpholine rings is 1. The molecule has 1 aromatic carbocycles. The second-order valence-corrected chi connectivity index (χ2v) is 8.16. The Labute approximate surface area is 164 Å². The van der Waals surface area contributed by atoms with Crippen LogP contribution in [-0.4, -0.2) is 66.6 Å². The van der Waals surface area contributed by atoms with E-state index < -0.39 is 21.8 Å². The van der Waals surface area contributed by atoms with Crippen LogP contribution in [0.4, 0.5) is 11.4 Å². The molecule has 0 aromatic heterocycles. The van der Waals surface area contributed by atoms with Gasteiger partial charge >= 0.3 is 11.9 Å². The van der Waals surface area contributed by atoms with Gasteiger partial charge in [0, 0.05) is 13.1 Å². The third-order valence-electron chi connectivity index (χ3n) is 4.20. The van der Waals surface area contributed by atoms with Crippen molar-refractivity contribution in [3.63, 3.8) is 0 Å². The molecule has 1 fully saturated rings. The van der Waals surface area contributed by atoms with Gasteiger partial charge in [0.2, 0.25) is 0 Å². The number of carbonyl (C=O) groups is 2. The standard InChI is InChI=1S/C18H24N2O7S/c1-4-28(23,24)13-5-6-16(20-7-9-27-10-8-20)14(11-13)19-15(18(22)26-3)12-17(21)25-2/h5-6,11-12,19H,4,7-10H2,1-3H3/b15-12+. The summed E-state index contributed by atoms with van der Waals surface area (Å²) in [5, 5.41) is 2.84. The number of nitrogens with zero attached hydrogens (tertiary/aromatic N) is 1. The monoisotopic (exact) mass is 412 g/mol. The van der Waals surface area contributed by atoms with Crippen molar-refractivity contribution in [2.45, 2.75) is 11.8 Å². The van der Waals surface area contributed by atoms with Crippen molar-refractivity contribution in [2.75, 3.05) is 56.5 Å². The van der Waals surface area contributed by atoms with Gasteiger partial charge in [0.05, 0.1) is 55.5 Å². The number of anilines is 2.